The molecule has 0 radical (unpaired) electrons. The van der Waals surface area contributed by atoms with Crippen molar-refractivity contribution >= 4 is 35.1 Å². The van der Waals surface area contributed by atoms with Gasteiger partial charge in [-0.15, -0.1) is 0 Å². The monoisotopic (exact) mass is 389 g/mol. The molecule has 0 aromatic carbocycles. The quantitative estimate of drug-likeness (QED) is 0.343. The Balaban J connectivity index is 2.59. The molecule has 0 fully saturated rings. The molecule has 1 heterocycles. The van der Waals surface area contributed by atoms with E-state index in [1.165, 1.54) is 6.20 Å². The number of rotatable bonds is 8. The number of halogens is 4. The van der Waals surface area contributed by atoms with Gasteiger partial charge in [0.25, 0.3) is 0 Å². The molecule has 138 valence electrons. The summed E-state index contributed by atoms with van der Waals surface area (Å²) in [6, 6.07) is 1.65. The highest BCUT2D eigenvalue weighted by atomic mass is 35.5. The second-order valence-corrected chi connectivity index (χ2v) is 7.06. The zero-order valence-electron chi connectivity index (χ0n) is 14.6. The van der Waals surface area contributed by atoms with E-state index in [1.807, 2.05) is 6.92 Å². The first-order valence-electron chi connectivity index (χ1n) is 7.89. The van der Waals surface area contributed by atoms with E-state index in [0.717, 1.165) is 12.5 Å². The van der Waals surface area contributed by atoms with Gasteiger partial charge in [0.05, 0.1) is 12.1 Å². The summed E-state index contributed by atoms with van der Waals surface area (Å²) >= 11 is 12.1. The van der Waals surface area contributed by atoms with E-state index in [1.54, 1.807) is 31.4 Å². The third kappa shape index (κ3) is 8.98. The molecule has 0 bridgehead atoms. The topological polar surface area (TPSA) is 51.3 Å². The fourth-order valence-corrected chi connectivity index (χ4v) is 2.71. The lowest BCUT2D eigenvalue weighted by Gasteiger charge is -2.14. The third-order valence-electron chi connectivity index (χ3n) is 3.34. The van der Waals surface area contributed by atoms with Gasteiger partial charge < -0.3 is 5.73 Å². The lowest BCUT2D eigenvalue weighted by molar-refractivity contribution is -0.000872. The molecule has 1 aromatic heterocycles. The standard InChI is InChI=1S/C18H23Cl2F2N3/c1-12(9-18(3,21)22)4-5-14(19)8-13(2)10-24-11-15-16(23)6-7-25-17(15)20/h5-8,11-12H,4,9-10H2,1-3H3,(H2,23,25)/b13-8+,14-5-,24-11?. The third-order valence-corrected chi connectivity index (χ3v) is 3.91. The van der Waals surface area contributed by atoms with E-state index in [4.69, 9.17) is 28.9 Å². The summed E-state index contributed by atoms with van der Waals surface area (Å²) in [5.41, 5.74) is 7.82. The summed E-state index contributed by atoms with van der Waals surface area (Å²) in [5, 5.41) is 0.808. The molecule has 0 aliphatic rings. The van der Waals surface area contributed by atoms with Crippen LogP contribution in [-0.2, 0) is 0 Å². The number of nitrogens with two attached hydrogens (primary N) is 1. The normalized spacial score (nSPS) is 15.0. The number of aromatic nitrogens is 1. The van der Waals surface area contributed by atoms with Gasteiger partial charge in [-0.3, -0.25) is 4.99 Å². The largest absolute Gasteiger partial charge is 0.398 e. The van der Waals surface area contributed by atoms with E-state index in [-0.39, 0.29) is 12.3 Å². The van der Waals surface area contributed by atoms with Crippen molar-refractivity contribution in [2.45, 2.75) is 39.5 Å². The fraction of sp³-hybridized carbons (Fsp3) is 0.444. The average Bonchev–Trinajstić information content (AvgIpc) is 2.46. The first-order valence-corrected chi connectivity index (χ1v) is 8.64. The van der Waals surface area contributed by atoms with E-state index in [2.05, 4.69) is 9.98 Å². The molecule has 0 aliphatic carbocycles. The molecular formula is C18H23Cl2F2N3. The summed E-state index contributed by atoms with van der Waals surface area (Å²) in [4.78, 5) is 8.23. The van der Waals surface area contributed by atoms with Crippen LogP contribution in [0.15, 0.2) is 40.0 Å². The van der Waals surface area contributed by atoms with Crippen molar-refractivity contribution in [3.63, 3.8) is 0 Å². The minimum atomic E-state index is -2.66. The van der Waals surface area contributed by atoms with Crippen molar-refractivity contribution in [3.8, 4) is 0 Å². The molecule has 0 spiro atoms. The number of nitrogens with zero attached hydrogens (tertiary/aromatic N) is 2. The number of allylic oxidation sites excluding steroid dienone is 3. The van der Waals surface area contributed by atoms with Crippen LogP contribution in [0.1, 0.15) is 39.2 Å². The van der Waals surface area contributed by atoms with Gasteiger partial charge in [0, 0.05) is 29.6 Å². The molecule has 3 nitrogen and oxygen atoms in total. The molecule has 1 unspecified atom stereocenters. The number of nitrogen functional groups attached to an aromatic ring is 1. The van der Waals surface area contributed by atoms with Crippen LogP contribution in [0.3, 0.4) is 0 Å². The van der Waals surface area contributed by atoms with Crippen molar-refractivity contribution in [1.29, 1.82) is 0 Å². The van der Waals surface area contributed by atoms with Crippen LogP contribution < -0.4 is 5.73 Å². The van der Waals surface area contributed by atoms with Crippen molar-refractivity contribution in [1.82, 2.24) is 4.98 Å². The molecular weight excluding hydrogens is 367 g/mol. The molecule has 2 N–H and O–H groups in total. The van der Waals surface area contributed by atoms with E-state index < -0.39 is 5.92 Å². The molecule has 0 amide bonds. The number of hydrogen-bond acceptors (Lipinski definition) is 3. The number of aliphatic imine (C=N–C) groups is 1. The second-order valence-electron chi connectivity index (χ2n) is 6.27. The van der Waals surface area contributed by atoms with Gasteiger partial charge in [-0.25, -0.2) is 13.8 Å². The highest BCUT2D eigenvalue weighted by Gasteiger charge is 2.23. The van der Waals surface area contributed by atoms with Gasteiger partial charge in [0.2, 0.25) is 5.92 Å². The first kappa shape index (κ1) is 21.6. The number of hydrogen-bond donors (Lipinski definition) is 1. The minimum absolute atomic E-state index is 0.142. The lowest BCUT2D eigenvalue weighted by atomic mass is 10.00. The van der Waals surface area contributed by atoms with E-state index in [9.17, 15) is 8.78 Å². The molecule has 7 heteroatoms. The Morgan fingerprint density at radius 3 is 2.76 bits per heavy atom. The molecule has 1 atom stereocenters. The maximum absolute atomic E-state index is 12.9. The van der Waals surface area contributed by atoms with Crippen LogP contribution in [0.4, 0.5) is 14.5 Å². The van der Waals surface area contributed by atoms with E-state index in [0.29, 0.717) is 34.4 Å². The van der Waals surface area contributed by atoms with Gasteiger partial charge >= 0.3 is 0 Å². The van der Waals surface area contributed by atoms with Crippen LogP contribution in [0.2, 0.25) is 5.15 Å². The van der Waals surface area contributed by atoms with Gasteiger partial charge in [0.1, 0.15) is 5.15 Å². The predicted octanol–water partition coefficient (Wildman–Crippen LogP) is 5.88. The van der Waals surface area contributed by atoms with Crippen LogP contribution in [0.25, 0.3) is 0 Å². The molecule has 1 rings (SSSR count). The van der Waals surface area contributed by atoms with Crippen LogP contribution >= 0.6 is 23.2 Å². The van der Waals surface area contributed by atoms with Gasteiger partial charge in [0.15, 0.2) is 0 Å². The highest BCUT2D eigenvalue weighted by molar-refractivity contribution is 6.32. The second kappa shape index (κ2) is 9.88. The van der Waals surface area contributed by atoms with Crippen molar-refractivity contribution in [2.24, 2.45) is 10.9 Å². The molecule has 25 heavy (non-hydrogen) atoms. The Labute approximate surface area is 157 Å². The highest BCUT2D eigenvalue weighted by Crippen LogP contribution is 2.25. The summed E-state index contributed by atoms with van der Waals surface area (Å²) < 4.78 is 25.9. The Kier molecular flexibility index (Phi) is 8.53. The van der Waals surface area contributed by atoms with Crippen molar-refractivity contribution in [2.75, 3.05) is 12.3 Å². The molecule has 0 saturated heterocycles. The number of pyridine rings is 1. The molecule has 1 aromatic rings. The van der Waals surface area contributed by atoms with Crippen LogP contribution in [-0.4, -0.2) is 23.7 Å². The number of alkyl halides is 2. The Morgan fingerprint density at radius 1 is 1.48 bits per heavy atom. The maximum atomic E-state index is 12.9. The molecule has 0 aliphatic heterocycles. The average molecular weight is 390 g/mol. The summed E-state index contributed by atoms with van der Waals surface area (Å²) in [5.74, 6) is -2.80. The van der Waals surface area contributed by atoms with Crippen molar-refractivity contribution < 1.29 is 8.78 Å². The Morgan fingerprint density at radius 2 is 2.16 bits per heavy atom. The zero-order chi connectivity index (χ0) is 19.0. The summed E-state index contributed by atoms with van der Waals surface area (Å²) in [6.45, 7) is 5.00. The minimum Gasteiger partial charge on any atom is -0.398 e. The maximum Gasteiger partial charge on any atom is 0.245 e. The SMILES string of the molecule is C/C(=C\C(Cl)=C\CC(C)CC(C)(F)F)CN=Cc1c(N)ccnc1Cl. The smallest absolute Gasteiger partial charge is 0.245 e. The van der Waals surface area contributed by atoms with Crippen molar-refractivity contribution in [3.05, 3.63) is 45.7 Å². The Hall–Kier alpha value is -1.46. The lowest BCUT2D eigenvalue weighted by Crippen LogP contribution is -2.14. The van der Waals surface area contributed by atoms with Crippen LogP contribution in [0, 0.1) is 5.92 Å². The van der Waals surface area contributed by atoms with E-state index >= 15 is 0 Å². The van der Waals surface area contributed by atoms with Crippen LogP contribution in [0.5, 0.6) is 0 Å². The fourth-order valence-electron chi connectivity index (χ4n) is 2.22. The van der Waals surface area contributed by atoms with Gasteiger partial charge in [-0.05, 0) is 38.3 Å². The number of anilines is 1. The first-order chi connectivity index (χ1) is 11.6. The summed E-state index contributed by atoms with van der Waals surface area (Å²) in [7, 11) is 0. The summed E-state index contributed by atoms with van der Waals surface area (Å²) in [6.07, 6.45) is 6.96. The predicted molar refractivity (Wildman–Crippen MR) is 103 cm³/mol. The Bertz CT molecular complexity index is 645. The van der Waals surface area contributed by atoms with Gasteiger partial charge in [-0.1, -0.05) is 41.8 Å². The zero-order valence-corrected chi connectivity index (χ0v) is 16.1. The molecule has 0 saturated carbocycles. The van der Waals surface area contributed by atoms with Gasteiger partial charge in [-0.2, -0.15) is 0 Å².